The van der Waals surface area contributed by atoms with Crippen molar-refractivity contribution in [3.63, 3.8) is 0 Å². The van der Waals surface area contributed by atoms with Crippen LogP contribution in [-0.2, 0) is 0 Å². The molecule has 0 atom stereocenters. The summed E-state index contributed by atoms with van der Waals surface area (Å²) in [5, 5.41) is 15.7. The molecule has 0 amide bonds. The van der Waals surface area contributed by atoms with Crippen LogP contribution in [0.2, 0.25) is 0 Å². The standard InChI is InChI=1S/C10H11N5/c11-10(12)7-2-1-3-8-9(7)13-14-15(8)6-4-5-6/h1-3,6H,4-5H2,(H3,11,12). The molecule has 5 nitrogen and oxygen atoms in total. The molecule has 0 radical (unpaired) electrons. The normalized spacial score (nSPS) is 15.7. The molecule has 0 unspecified atom stereocenters. The predicted molar refractivity (Wildman–Crippen MR) is 56.8 cm³/mol. The zero-order chi connectivity index (χ0) is 10.4. The van der Waals surface area contributed by atoms with E-state index in [9.17, 15) is 0 Å². The topological polar surface area (TPSA) is 80.6 Å². The number of nitrogen functional groups attached to an aromatic ring is 1. The molecule has 1 aromatic heterocycles. The lowest BCUT2D eigenvalue weighted by Gasteiger charge is -2.00. The van der Waals surface area contributed by atoms with Gasteiger partial charge in [0.15, 0.2) is 0 Å². The smallest absolute Gasteiger partial charge is 0.125 e. The van der Waals surface area contributed by atoms with Crippen LogP contribution < -0.4 is 5.73 Å². The maximum absolute atomic E-state index is 7.45. The van der Waals surface area contributed by atoms with Gasteiger partial charge in [-0.25, -0.2) is 4.68 Å². The Kier molecular flexibility index (Phi) is 1.56. The molecule has 5 heteroatoms. The molecule has 1 aliphatic carbocycles. The lowest BCUT2D eigenvalue weighted by Crippen LogP contribution is -2.11. The molecular weight excluding hydrogens is 190 g/mol. The highest BCUT2D eigenvalue weighted by atomic mass is 15.4. The summed E-state index contributed by atoms with van der Waals surface area (Å²) < 4.78 is 1.93. The van der Waals surface area contributed by atoms with Crippen molar-refractivity contribution in [1.82, 2.24) is 15.0 Å². The van der Waals surface area contributed by atoms with E-state index in [4.69, 9.17) is 11.1 Å². The molecule has 2 aromatic rings. The molecule has 0 saturated heterocycles. The number of fused-ring (bicyclic) bond motifs is 1. The van der Waals surface area contributed by atoms with E-state index < -0.39 is 0 Å². The van der Waals surface area contributed by atoms with E-state index in [1.54, 1.807) is 6.07 Å². The van der Waals surface area contributed by atoms with Crippen molar-refractivity contribution >= 4 is 16.9 Å². The van der Waals surface area contributed by atoms with Crippen LogP contribution >= 0.6 is 0 Å². The van der Waals surface area contributed by atoms with Crippen LogP contribution in [0.5, 0.6) is 0 Å². The van der Waals surface area contributed by atoms with Gasteiger partial charge >= 0.3 is 0 Å². The second kappa shape index (κ2) is 2.79. The summed E-state index contributed by atoms with van der Waals surface area (Å²) in [4.78, 5) is 0. The fraction of sp³-hybridized carbons (Fsp3) is 0.300. The van der Waals surface area contributed by atoms with Crippen LogP contribution in [0.1, 0.15) is 24.4 Å². The molecule has 3 N–H and O–H groups in total. The average Bonchev–Trinajstić information content (AvgIpc) is 2.97. The average molecular weight is 201 g/mol. The second-order valence-corrected chi connectivity index (χ2v) is 3.85. The highest BCUT2D eigenvalue weighted by molar-refractivity contribution is 6.05. The van der Waals surface area contributed by atoms with Crippen molar-refractivity contribution in [2.45, 2.75) is 18.9 Å². The molecule has 1 aromatic carbocycles. The van der Waals surface area contributed by atoms with Gasteiger partial charge in [-0.05, 0) is 25.0 Å². The molecule has 1 aliphatic rings. The number of benzene rings is 1. The first-order valence-electron chi connectivity index (χ1n) is 4.95. The van der Waals surface area contributed by atoms with Gasteiger partial charge in [0.1, 0.15) is 11.4 Å². The van der Waals surface area contributed by atoms with E-state index in [1.807, 2.05) is 16.8 Å². The minimum Gasteiger partial charge on any atom is -0.384 e. The van der Waals surface area contributed by atoms with Gasteiger partial charge in [0, 0.05) is 5.56 Å². The van der Waals surface area contributed by atoms with Gasteiger partial charge in [0.2, 0.25) is 0 Å². The number of hydrogen-bond acceptors (Lipinski definition) is 3. The Hall–Kier alpha value is -1.91. The number of nitrogens with zero attached hydrogens (tertiary/aromatic N) is 3. The molecular formula is C10H11N5. The number of amidine groups is 1. The van der Waals surface area contributed by atoms with Gasteiger partial charge in [0.05, 0.1) is 11.6 Å². The third-order valence-electron chi connectivity index (χ3n) is 2.69. The second-order valence-electron chi connectivity index (χ2n) is 3.85. The number of rotatable bonds is 2. The van der Waals surface area contributed by atoms with Crippen molar-refractivity contribution in [1.29, 1.82) is 5.41 Å². The Balaban J connectivity index is 2.27. The molecule has 0 aliphatic heterocycles. The lowest BCUT2D eigenvalue weighted by molar-refractivity contribution is 0.630. The van der Waals surface area contributed by atoms with Crippen molar-refractivity contribution in [3.05, 3.63) is 23.8 Å². The molecule has 0 bridgehead atoms. The van der Waals surface area contributed by atoms with E-state index in [1.165, 1.54) is 12.8 Å². The summed E-state index contributed by atoms with van der Waals surface area (Å²) in [6.45, 7) is 0. The van der Waals surface area contributed by atoms with E-state index in [-0.39, 0.29) is 5.84 Å². The van der Waals surface area contributed by atoms with Gasteiger partial charge < -0.3 is 5.73 Å². The molecule has 76 valence electrons. The number of nitrogens with two attached hydrogens (primary N) is 1. The quantitative estimate of drug-likeness (QED) is 0.563. The van der Waals surface area contributed by atoms with Gasteiger partial charge in [-0.2, -0.15) is 0 Å². The largest absolute Gasteiger partial charge is 0.384 e. The van der Waals surface area contributed by atoms with Crippen molar-refractivity contribution in [3.8, 4) is 0 Å². The van der Waals surface area contributed by atoms with Gasteiger partial charge in [-0.1, -0.05) is 11.3 Å². The Morgan fingerprint density at radius 1 is 1.47 bits per heavy atom. The third-order valence-corrected chi connectivity index (χ3v) is 2.69. The summed E-state index contributed by atoms with van der Waals surface area (Å²) in [6, 6.07) is 6.16. The summed E-state index contributed by atoms with van der Waals surface area (Å²) in [5.41, 5.74) is 7.86. The maximum atomic E-state index is 7.45. The minimum atomic E-state index is 0.0449. The third kappa shape index (κ3) is 1.20. The Labute approximate surface area is 86.4 Å². The first-order chi connectivity index (χ1) is 7.27. The fourth-order valence-corrected chi connectivity index (χ4v) is 1.77. The van der Waals surface area contributed by atoms with Gasteiger partial charge in [-0.15, -0.1) is 5.10 Å². The number of hydrogen-bond donors (Lipinski definition) is 2. The first kappa shape index (κ1) is 8.40. The van der Waals surface area contributed by atoms with Crippen LogP contribution in [-0.4, -0.2) is 20.8 Å². The molecule has 1 saturated carbocycles. The van der Waals surface area contributed by atoms with Crippen LogP contribution in [0.15, 0.2) is 18.2 Å². The highest BCUT2D eigenvalue weighted by Gasteiger charge is 2.26. The fourth-order valence-electron chi connectivity index (χ4n) is 1.77. The monoisotopic (exact) mass is 201 g/mol. The van der Waals surface area contributed by atoms with Gasteiger partial charge in [-0.3, -0.25) is 5.41 Å². The van der Waals surface area contributed by atoms with Gasteiger partial charge in [0.25, 0.3) is 0 Å². The van der Waals surface area contributed by atoms with Crippen molar-refractivity contribution < 1.29 is 0 Å². The Morgan fingerprint density at radius 2 is 2.27 bits per heavy atom. The van der Waals surface area contributed by atoms with Crippen molar-refractivity contribution in [2.24, 2.45) is 5.73 Å². The van der Waals surface area contributed by atoms with E-state index in [0.29, 0.717) is 11.6 Å². The zero-order valence-electron chi connectivity index (χ0n) is 8.14. The molecule has 0 spiro atoms. The molecule has 1 fully saturated rings. The zero-order valence-corrected chi connectivity index (χ0v) is 8.14. The lowest BCUT2D eigenvalue weighted by atomic mass is 10.1. The van der Waals surface area contributed by atoms with E-state index in [0.717, 1.165) is 11.0 Å². The molecule has 3 rings (SSSR count). The highest BCUT2D eigenvalue weighted by Crippen LogP contribution is 2.36. The minimum absolute atomic E-state index is 0.0449. The Bertz CT molecular complexity index is 538. The van der Waals surface area contributed by atoms with Crippen LogP contribution in [0.3, 0.4) is 0 Å². The summed E-state index contributed by atoms with van der Waals surface area (Å²) >= 11 is 0. The first-order valence-corrected chi connectivity index (χ1v) is 4.95. The number of nitrogens with one attached hydrogen (secondary N) is 1. The SMILES string of the molecule is N=C(N)c1cccc2c1nnn2C1CC1. The predicted octanol–water partition coefficient (Wildman–Crippen LogP) is 1.05. The van der Waals surface area contributed by atoms with E-state index in [2.05, 4.69) is 10.3 Å². The summed E-state index contributed by atoms with van der Waals surface area (Å²) in [6.07, 6.45) is 2.34. The summed E-state index contributed by atoms with van der Waals surface area (Å²) in [7, 11) is 0. The molecule has 15 heavy (non-hydrogen) atoms. The Morgan fingerprint density at radius 3 is 2.93 bits per heavy atom. The van der Waals surface area contributed by atoms with Crippen LogP contribution in [0.25, 0.3) is 11.0 Å². The van der Waals surface area contributed by atoms with Crippen LogP contribution in [0.4, 0.5) is 0 Å². The summed E-state index contributed by atoms with van der Waals surface area (Å²) in [5.74, 6) is 0.0449. The van der Waals surface area contributed by atoms with Crippen molar-refractivity contribution in [2.75, 3.05) is 0 Å². The molecule has 1 heterocycles. The number of aromatic nitrogens is 3. The van der Waals surface area contributed by atoms with E-state index >= 15 is 0 Å². The van der Waals surface area contributed by atoms with Crippen LogP contribution in [0, 0.1) is 5.41 Å². The maximum Gasteiger partial charge on any atom is 0.125 e.